The first kappa shape index (κ1) is 66.2. The Morgan fingerprint density at radius 3 is 1.12 bits per heavy atom. The SMILES string of the molecule is COC(CO)OC.OC(COCCCC(F)(F)C(F)(F)F)C(O)COCCC(F)(F)CC(F)(F)F.OCC1OC(COCCCC(F)(F)C(F)(F)F)C(COCCC(F)(F)CC(F)(F)F)O1. The average Bonchev–Trinajstić information content (AvgIpc) is 3.54. The van der Waals surface area contributed by atoms with Crippen LogP contribution in [0.4, 0.5) is 87.8 Å². The van der Waals surface area contributed by atoms with Crippen LogP contribution in [0.15, 0.2) is 0 Å². The summed E-state index contributed by atoms with van der Waals surface area (Å²) in [5.74, 6) is -17.9. The van der Waals surface area contributed by atoms with Crippen LogP contribution in [0.3, 0.4) is 0 Å². The zero-order valence-corrected chi connectivity index (χ0v) is 34.8. The Kier molecular flexibility index (Phi) is 30.1. The van der Waals surface area contributed by atoms with Crippen LogP contribution >= 0.6 is 0 Å². The first-order valence-corrected chi connectivity index (χ1v) is 18.9. The smallest absolute Gasteiger partial charge is 0.391 e. The van der Waals surface area contributed by atoms with E-state index in [0.29, 0.717) is 0 Å². The van der Waals surface area contributed by atoms with Gasteiger partial charge in [0.25, 0.3) is 11.8 Å². The molecule has 1 rings (SSSR count). The second-order valence-electron chi connectivity index (χ2n) is 13.9. The lowest BCUT2D eigenvalue weighted by Gasteiger charge is -2.21. The Hall–Kier alpha value is -1.88. The van der Waals surface area contributed by atoms with Crippen molar-refractivity contribution in [3.63, 3.8) is 0 Å². The largest absolute Gasteiger partial charge is 0.453 e. The molecular weight excluding hydrogens is 980 g/mol. The van der Waals surface area contributed by atoms with Gasteiger partial charge in [-0.15, -0.1) is 0 Å². The monoisotopic (exact) mass is 1030 g/mol. The maximum atomic E-state index is 13.2. The van der Waals surface area contributed by atoms with Gasteiger partial charge in [-0.25, -0.2) is 17.6 Å². The molecule has 5 unspecified atom stereocenters. The predicted molar refractivity (Wildman–Crippen MR) is 182 cm³/mol. The highest BCUT2D eigenvalue weighted by molar-refractivity contribution is 4.79. The van der Waals surface area contributed by atoms with Gasteiger partial charge in [-0.3, -0.25) is 0 Å². The summed E-state index contributed by atoms with van der Waals surface area (Å²) in [5.41, 5.74) is 0. The number of halogens is 20. The topological polar surface area (TPSA) is 155 Å². The van der Waals surface area contributed by atoms with Gasteiger partial charge in [0.15, 0.2) is 12.6 Å². The maximum Gasteiger partial charge on any atom is 0.453 e. The standard InChI is InChI=1S/C16H22F10O5.C14H20F10O4.C4H10O3/c17-13(18,9-15(21,22)23)3-5-29-8-11-10(30-12(6-27)31-11)7-28-4-1-2-14(19,20)16(24,25)26;15-11(16,8-13(19,20)21)3-5-28-7-10(26)9(25)6-27-4-1-2-12(17,18)14(22,23)24;1-6-4(3-5)7-2/h10-12,27H,1-9H2;9-10,25-26H,1-8H2;4-5H,3H2,1-2H3. The third-order valence-electron chi connectivity index (χ3n) is 8.01. The van der Waals surface area contributed by atoms with Crippen molar-refractivity contribution in [3.8, 4) is 0 Å². The fraction of sp³-hybridized carbons (Fsp3) is 1.00. The van der Waals surface area contributed by atoms with Crippen LogP contribution in [0, 0.1) is 0 Å². The molecule has 0 aromatic heterocycles. The summed E-state index contributed by atoms with van der Waals surface area (Å²) in [5, 5.41) is 36.2. The van der Waals surface area contributed by atoms with Crippen LogP contribution in [0.1, 0.15) is 51.4 Å². The molecule has 1 fully saturated rings. The molecule has 4 N–H and O–H groups in total. The van der Waals surface area contributed by atoms with Crippen LogP contribution in [-0.2, 0) is 37.9 Å². The van der Waals surface area contributed by atoms with Gasteiger partial charge in [0.1, 0.15) is 37.3 Å². The van der Waals surface area contributed by atoms with E-state index in [-0.39, 0.29) is 13.2 Å². The minimum Gasteiger partial charge on any atom is -0.391 e. The van der Waals surface area contributed by atoms with Crippen molar-refractivity contribution in [1.82, 2.24) is 0 Å². The van der Waals surface area contributed by atoms with E-state index in [4.69, 9.17) is 29.2 Å². The fourth-order valence-electron chi connectivity index (χ4n) is 4.53. The maximum absolute atomic E-state index is 13.2. The van der Waals surface area contributed by atoms with Gasteiger partial charge in [0.2, 0.25) is 0 Å². The molecule has 0 spiro atoms. The Morgan fingerprint density at radius 1 is 0.485 bits per heavy atom. The van der Waals surface area contributed by atoms with Gasteiger partial charge in [0.05, 0.1) is 52.9 Å². The Balaban J connectivity index is 0. The average molecular weight is 1030 g/mol. The minimum atomic E-state index is -5.70. The predicted octanol–water partition coefficient (Wildman–Crippen LogP) is 7.37. The third-order valence-corrected chi connectivity index (χ3v) is 8.01. The van der Waals surface area contributed by atoms with Crippen LogP contribution < -0.4 is 0 Å². The highest BCUT2D eigenvalue weighted by atomic mass is 19.4. The molecule has 0 saturated carbocycles. The summed E-state index contributed by atoms with van der Waals surface area (Å²) in [6, 6.07) is 0. The van der Waals surface area contributed by atoms with Gasteiger partial charge in [-0.05, 0) is 12.8 Å². The van der Waals surface area contributed by atoms with Crippen LogP contribution in [0.25, 0.3) is 0 Å². The molecular formula is C34H52F20O12. The van der Waals surface area contributed by atoms with Gasteiger partial charge >= 0.3 is 36.6 Å². The van der Waals surface area contributed by atoms with Crippen molar-refractivity contribution >= 4 is 0 Å². The highest BCUT2D eigenvalue weighted by Crippen LogP contribution is 2.40. The number of hydrogen-bond donors (Lipinski definition) is 4. The van der Waals surface area contributed by atoms with Crippen molar-refractivity contribution in [3.05, 3.63) is 0 Å². The van der Waals surface area contributed by atoms with E-state index < -0.39 is 190 Å². The number of aliphatic hydroxyl groups is 4. The molecule has 0 aliphatic carbocycles. The number of ether oxygens (including phenoxy) is 8. The minimum absolute atomic E-state index is 0.0903. The molecule has 0 radical (unpaired) electrons. The lowest BCUT2D eigenvalue weighted by molar-refractivity contribution is -0.285. The molecule has 5 atom stereocenters. The molecule has 0 bridgehead atoms. The molecule has 66 heavy (non-hydrogen) atoms. The second-order valence-corrected chi connectivity index (χ2v) is 13.9. The molecule has 12 nitrogen and oxygen atoms in total. The number of rotatable bonds is 29. The summed E-state index contributed by atoms with van der Waals surface area (Å²) < 4.78 is 285. The first-order valence-electron chi connectivity index (χ1n) is 18.9. The molecule has 1 aliphatic rings. The number of aliphatic hydroxyl groups excluding tert-OH is 4. The molecule has 0 aromatic rings. The number of hydrogen-bond acceptors (Lipinski definition) is 12. The molecule has 0 amide bonds. The van der Waals surface area contributed by atoms with E-state index in [1.54, 1.807) is 0 Å². The lowest BCUT2D eigenvalue weighted by Crippen LogP contribution is -2.37. The number of methoxy groups -OCH3 is 2. The van der Waals surface area contributed by atoms with Crippen LogP contribution in [0.2, 0.25) is 0 Å². The van der Waals surface area contributed by atoms with Crippen molar-refractivity contribution in [2.45, 2.75) is 137 Å². The third kappa shape index (κ3) is 31.3. The van der Waals surface area contributed by atoms with E-state index in [2.05, 4.69) is 18.9 Å². The fourth-order valence-corrected chi connectivity index (χ4v) is 4.53. The van der Waals surface area contributed by atoms with Gasteiger partial charge < -0.3 is 58.3 Å². The quantitative estimate of drug-likeness (QED) is 0.0336. The van der Waals surface area contributed by atoms with Crippen LogP contribution in [-0.4, -0.2) is 186 Å². The Bertz CT molecular complexity index is 1230. The van der Waals surface area contributed by atoms with E-state index in [9.17, 15) is 98.0 Å². The van der Waals surface area contributed by atoms with E-state index in [1.165, 1.54) is 14.2 Å². The Morgan fingerprint density at radius 2 is 0.818 bits per heavy atom. The van der Waals surface area contributed by atoms with Crippen molar-refractivity contribution in [1.29, 1.82) is 0 Å². The van der Waals surface area contributed by atoms with Gasteiger partial charge in [0, 0.05) is 53.1 Å². The first-order chi connectivity index (χ1) is 29.9. The molecule has 1 aliphatic heterocycles. The second kappa shape index (κ2) is 30.0. The highest BCUT2D eigenvalue weighted by Gasteiger charge is 2.57. The Labute approximate surface area is 363 Å². The van der Waals surface area contributed by atoms with E-state index in [1.807, 2.05) is 0 Å². The molecule has 32 heteroatoms. The summed E-state index contributed by atoms with van der Waals surface area (Å²) >= 11 is 0. The molecule has 1 heterocycles. The van der Waals surface area contributed by atoms with Crippen molar-refractivity contribution in [2.24, 2.45) is 0 Å². The van der Waals surface area contributed by atoms with Gasteiger partial charge in [-0.1, -0.05) is 0 Å². The van der Waals surface area contributed by atoms with Gasteiger partial charge in [-0.2, -0.15) is 70.2 Å². The zero-order chi connectivity index (χ0) is 51.8. The molecule has 0 aromatic carbocycles. The zero-order valence-electron chi connectivity index (χ0n) is 34.8. The summed E-state index contributed by atoms with van der Waals surface area (Å²) in [7, 11) is 2.95. The summed E-state index contributed by atoms with van der Waals surface area (Å²) in [4.78, 5) is 0. The lowest BCUT2D eigenvalue weighted by atomic mass is 10.1. The van der Waals surface area contributed by atoms with E-state index in [0.717, 1.165) is 0 Å². The van der Waals surface area contributed by atoms with Crippen molar-refractivity contribution < 1.29 is 146 Å². The molecule has 400 valence electrons. The van der Waals surface area contributed by atoms with Crippen molar-refractivity contribution in [2.75, 3.05) is 80.3 Å². The molecule has 1 saturated heterocycles. The summed E-state index contributed by atoms with van der Waals surface area (Å²) in [6.45, 7) is -5.54. The normalized spacial score (nSPS) is 19.0. The van der Waals surface area contributed by atoms with Crippen LogP contribution in [0.5, 0.6) is 0 Å². The number of alkyl halides is 20. The van der Waals surface area contributed by atoms with E-state index >= 15 is 0 Å². The summed E-state index contributed by atoms with van der Waals surface area (Å²) in [6.07, 6.45) is -39.9.